The van der Waals surface area contributed by atoms with Crippen LogP contribution < -0.4 is 5.32 Å². The largest absolute Gasteiger partial charge is 0.350 e. The summed E-state index contributed by atoms with van der Waals surface area (Å²) in [4.78, 5) is 42.8. The summed E-state index contributed by atoms with van der Waals surface area (Å²) >= 11 is 1.64. The molecule has 0 spiro atoms. The topological polar surface area (TPSA) is 69.7 Å². The zero-order valence-corrected chi connectivity index (χ0v) is 18.2. The highest BCUT2D eigenvalue weighted by atomic mass is 32.1. The minimum atomic E-state index is -0.372. The van der Waals surface area contributed by atoms with Gasteiger partial charge in [0.15, 0.2) is 0 Å². The monoisotopic (exact) mass is 433 g/mol. The molecule has 2 aromatic carbocycles. The van der Waals surface area contributed by atoms with Gasteiger partial charge in [-0.1, -0.05) is 36.4 Å². The number of amides is 3. The molecule has 7 heteroatoms. The van der Waals surface area contributed by atoms with E-state index in [2.05, 4.69) is 10.2 Å². The van der Waals surface area contributed by atoms with E-state index in [0.717, 1.165) is 10.4 Å². The zero-order chi connectivity index (χ0) is 22.0. The maximum absolute atomic E-state index is 12.9. The summed E-state index contributed by atoms with van der Waals surface area (Å²) in [5.41, 5.74) is 1.85. The Balaban J connectivity index is 1.48. The first-order valence-corrected chi connectivity index (χ1v) is 10.9. The van der Waals surface area contributed by atoms with Gasteiger partial charge in [-0.3, -0.25) is 19.3 Å². The number of nitrogens with one attached hydrogen (secondary N) is 1. The third kappa shape index (κ3) is 4.28. The van der Waals surface area contributed by atoms with Crippen molar-refractivity contribution in [3.05, 3.63) is 93.2 Å². The van der Waals surface area contributed by atoms with Gasteiger partial charge in [0.1, 0.15) is 0 Å². The van der Waals surface area contributed by atoms with E-state index in [1.165, 1.54) is 11.0 Å². The molecule has 1 N–H and O–H groups in total. The molecule has 0 fully saturated rings. The zero-order valence-electron chi connectivity index (χ0n) is 17.4. The fraction of sp³-hybridized carbons (Fsp3) is 0.208. The molecule has 2 heterocycles. The van der Waals surface area contributed by atoms with Gasteiger partial charge >= 0.3 is 0 Å². The van der Waals surface area contributed by atoms with Crippen LogP contribution in [0.5, 0.6) is 0 Å². The van der Waals surface area contributed by atoms with Gasteiger partial charge in [-0.25, -0.2) is 0 Å². The molecule has 0 saturated heterocycles. The molecule has 31 heavy (non-hydrogen) atoms. The van der Waals surface area contributed by atoms with Crippen LogP contribution in [0, 0.1) is 0 Å². The Morgan fingerprint density at radius 2 is 1.74 bits per heavy atom. The van der Waals surface area contributed by atoms with Crippen LogP contribution in [0.2, 0.25) is 0 Å². The third-order valence-electron chi connectivity index (χ3n) is 5.37. The fourth-order valence-electron chi connectivity index (χ4n) is 3.65. The Morgan fingerprint density at radius 3 is 2.42 bits per heavy atom. The molecule has 158 valence electrons. The smallest absolute Gasteiger partial charge is 0.261 e. The number of rotatable bonds is 7. The van der Waals surface area contributed by atoms with Crippen molar-refractivity contribution >= 4 is 29.1 Å². The second-order valence-electron chi connectivity index (χ2n) is 7.65. The highest BCUT2D eigenvalue weighted by molar-refractivity contribution is 7.10. The Morgan fingerprint density at radius 1 is 1.00 bits per heavy atom. The van der Waals surface area contributed by atoms with Gasteiger partial charge in [0.05, 0.1) is 23.7 Å². The lowest BCUT2D eigenvalue weighted by Gasteiger charge is -2.23. The van der Waals surface area contributed by atoms with Crippen LogP contribution in [0.25, 0.3) is 0 Å². The summed E-state index contributed by atoms with van der Waals surface area (Å²) in [6.45, 7) is 0.649. The van der Waals surface area contributed by atoms with E-state index >= 15 is 0 Å². The van der Waals surface area contributed by atoms with Gasteiger partial charge in [-0.05, 0) is 49.3 Å². The van der Waals surface area contributed by atoms with E-state index in [9.17, 15) is 14.4 Å². The maximum Gasteiger partial charge on any atom is 0.261 e. The predicted octanol–water partition coefficient (Wildman–Crippen LogP) is 3.58. The first-order chi connectivity index (χ1) is 15.0. The standard InChI is InChI=1S/C24H23N3O3S/c1-26(2)20(21-9-6-12-31-21)14-25-22(28)17-10-11-18-19(13-17)24(30)27(23(18)29)15-16-7-4-3-5-8-16/h3-13,20H,14-15H2,1-2H3,(H,25,28). The van der Waals surface area contributed by atoms with Crippen molar-refractivity contribution in [2.75, 3.05) is 20.6 Å². The van der Waals surface area contributed by atoms with E-state index in [1.807, 2.05) is 61.9 Å². The summed E-state index contributed by atoms with van der Waals surface area (Å²) in [5.74, 6) is -0.975. The molecule has 1 aliphatic heterocycles. The van der Waals surface area contributed by atoms with Crippen molar-refractivity contribution < 1.29 is 14.4 Å². The molecule has 6 nitrogen and oxygen atoms in total. The average Bonchev–Trinajstić information content (AvgIpc) is 3.38. The van der Waals surface area contributed by atoms with Crippen LogP contribution in [0.4, 0.5) is 0 Å². The van der Waals surface area contributed by atoms with Crippen LogP contribution in [0.15, 0.2) is 66.0 Å². The lowest BCUT2D eigenvalue weighted by atomic mass is 10.1. The first kappa shape index (κ1) is 21.0. The molecule has 4 rings (SSSR count). The Bertz CT molecular complexity index is 1110. The number of carbonyl (C=O) groups excluding carboxylic acids is 3. The number of benzene rings is 2. The third-order valence-corrected chi connectivity index (χ3v) is 6.34. The number of likely N-dealkylation sites (N-methyl/N-ethyl adjacent to an activating group) is 1. The normalized spacial score (nSPS) is 14.1. The fourth-order valence-corrected chi connectivity index (χ4v) is 4.57. The second kappa shape index (κ2) is 8.83. The van der Waals surface area contributed by atoms with Crippen LogP contribution >= 0.6 is 11.3 Å². The van der Waals surface area contributed by atoms with Crippen molar-refractivity contribution in [1.82, 2.24) is 15.1 Å². The molecule has 0 saturated carbocycles. The Labute approximate surface area is 185 Å². The number of hydrogen-bond donors (Lipinski definition) is 1. The van der Waals surface area contributed by atoms with Crippen molar-refractivity contribution in [2.24, 2.45) is 0 Å². The van der Waals surface area contributed by atoms with Crippen LogP contribution in [-0.2, 0) is 6.54 Å². The van der Waals surface area contributed by atoms with Crippen molar-refractivity contribution in [2.45, 2.75) is 12.6 Å². The van der Waals surface area contributed by atoms with Gasteiger partial charge in [0, 0.05) is 17.0 Å². The molecule has 3 aromatic rings. The van der Waals surface area contributed by atoms with Gasteiger partial charge in [0.25, 0.3) is 17.7 Å². The molecule has 1 atom stereocenters. The second-order valence-corrected chi connectivity index (χ2v) is 8.63. The highest BCUT2D eigenvalue weighted by Gasteiger charge is 2.36. The quantitative estimate of drug-likeness (QED) is 0.579. The molecule has 0 aliphatic carbocycles. The van der Waals surface area contributed by atoms with Crippen molar-refractivity contribution in [3.63, 3.8) is 0 Å². The summed E-state index contributed by atoms with van der Waals surface area (Å²) in [5, 5.41) is 4.97. The van der Waals surface area contributed by atoms with E-state index < -0.39 is 0 Å². The van der Waals surface area contributed by atoms with Gasteiger partial charge in [0.2, 0.25) is 0 Å². The maximum atomic E-state index is 12.9. The average molecular weight is 434 g/mol. The lowest BCUT2D eigenvalue weighted by Crippen LogP contribution is -2.34. The van der Waals surface area contributed by atoms with Crippen LogP contribution in [0.3, 0.4) is 0 Å². The van der Waals surface area contributed by atoms with E-state index in [1.54, 1.807) is 23.5 Å². The van der Waals surface area contributed by atoms with Crippen molar-refractivity contribution in [1.29, 1.82) is 0 Å². The molecule has 0 bridgehead atoms. The molecular formula is C24H23N3O3S. The van der Waals surface area contributed by atoms with Gasteiger partial charge in [-0.15, -0.1) is 11.3 Å². The number of carbonyl (C=O) groups is 3. The summed E-state index contributed by atoms with van der Waals surface area (Å²) in [7, 11) is 3.94. The lowest BCUT2D eigenvalue weighted by molar-refractivity contribution is 0.0642. The SMILES string of the molecule is CN(C)C(CNC(=O)c1ccc2c(c1)C(=O)N(Cc1ccccc1)C2=O)c1cccs1. The Hall–Kier alpha value is -3.29. The number of thiophene rings is 1. The Kier molecular flexibility index (Phi) is 5.97. The van der Waals surface area contributed by atoms with Crippen molar-refractivity contribution in [3.8, 4) is 0 Å². The number of hydrogen-bond acceptors (Lipinski definition) is 5. The first-order valence-electron chi connectivity index (χ1n) is 9.98. The van der Waals surface area contributed by atoms with Gasteiger partial charge in [-0.2, -0.15) is 0 Å². The molecule has 1 unspecified atom stereocenters. The predicted molar refractivity (Wildman–Crippen MR) is 120 cm³/mol. The molecule has 3 amide bonds. The summed E-state index contributed by atoms with van der Waals surface area (Å²) in [6, 6.07) is 18.1. The van der Waals surface area contributed by atoms with E-state index in [0.29, 0.717) is 17.7 Å². The van der Waals surface area contributed by atoms with E-state index in [4.69, 9.17) is 0 Å². The summed E-state index contributed by atoms with van der Waals surface area (Å²) < 4.78 is 0. The number of nitrogens with zero attached hydrogens (tertiary/aromatic N) is 2. The molecule has 1 aliphatic rings. The van der Waals surface area contributed by atoms with Crippen LogP contribution in [-0.4, -0.2) is 48.2 Å². The molecular weight excluding hydrogens is 410 g/mol. The minimum absolute atomic E-state index is 0.0583. The molecule has 1 aromatic heterocycles. The highest BCUT2D eigenvalue weighted by Crippen LogP contribution is 2.26. The number of fused-ring (bicyclic) bond motifs is 1. The van der Waals surface area contributed by atoms with Gasteiger partial charge < -0.3 is 10.2 Å². The molecule has 0 radical (unpaired) electrons. The number of imide groups is 1. The van der Waals surface area contributed by atoms with Crippen LogP contribution in [0.1, 0.15) is 47.6 Å². The minimum Gasteiger partial charge on any atom is -0.350 e. The van der Waals surface area contributed by atoms with E-state index in [-0.39, 0.29) is 35.9 Å². The summed E-state index contributed by atoms with van der Waals surface area (Å²) in [6.07, 6.45) is 0.